The number of nitrogens with one attached hydrogen (secondary N) is 1. The maximum atomic E-state index is 13.2. The Kier molecular flexibility index (Phi) is 13.6. The summed E-state index contributed by atoms with van der Waals surface area (Å²) in [5, 5.41) is 2.83. The third-order valence-corrected chi connectivity index (χ3v) is 6.48. The van der Waals surface area contributed by atoms with Gasteiger partial charge in [-0.1, -0.05) is 93.3 Å². The number of carbonyl (C=O) groups is 1. The van der Waals surface area contributed by atoms with E-state index >= 15 is 0 Å². The molecule has 0 aliphatic heterocycles. The number of hydrogen-bond acceptors (Lipinski definition) is 6. The zero-order valence-corrected chi connectivity index (χ0v) is 21.2. The highest BCUT2D eigenvalue weighted by Crippen LogP contribution is 2.51. The largest absolute Gasteiger partial charge is 0.475 e. The van der Waals surface area contributed by atoms with E-state index in [0.717, 1.165) is 24.0 Å². The number of amides is 1. The van der Waals surface area contributed by atoms with Gasteiger partial charge < -0.3 is 10.1 Å². The highest BCUT2D eigenvalue weighted by atomic mass is 31.2. The van der Waals surface area contributed by atoms with Crippen molar-refractivity contribution in [3.63, 3.8) is 0 Å². The molecule has 1 amide bonds. The minimum atomic E-state index is -3.81. The smallest absolute Gasteiger partial charge is 0.449 e. The quantitative estimate of drug-likeness (QED) is 0.189. The molecular weight excluding hydrogens is 453 g/mol. The third-order valence-electron chi connectivity index (χ3n) is 5.09. The summed E-state index contributed by atoms with van der Waals surface area (Å²) in [6, 6.07) is 18.9. The molecule has 7 nitrogen and oxygen atoms in total. The van der Waals surface area contributed by atoms with E-state index in [1.54, 1.807) is 0 Å². The third kappa shape index (κ3) is 12.3. The summed E-state index contributed by atoms with van der Waals surface area (Å²) in [5.74, 6) is 0. The fourth-order valence-electron chi connectivity index (χ4n) is 3.16. The number of unbranched alkanes of at least 4 members (excludes halogenated alkanes) is 3. The highest BCUT2D eigenvalue weighted by molar-refractivity contribution is 7.48. The van der Waals surface area contributed by atoms with Crippen LogP contribution in [0.5, 0.6) is 0 Å². The van der Waals surface area contributed by atoms with Gasteiger partial charge in [-0.25, -0.2) is 9.36 Å². The summed E-state index contributed by atoms with van der Waals surface area (Å²) in [7, 11) is -3.81. The molecule has 1 N–H and O–H groups in total. The molecule has 0 spiro atoms. The molecule has 0 aliphatic rings. The Morgan fingerprint density at radius 3 is 1.97 bits per heavy atom. The highest BCUT2D eigenvalue weighted by Gasteiger charge is 2.27. The van der Waals surface area contributed by atoms with Crippen LogP contribution in [0.15, 0.2) is 60.7 Å². The topological polar surface area (TPSA) is 83.1 Å². The number of phosphoric ester groups is 1. The summed E-state index contributed by atoms with van der Waals surface area (Å²) in [5.41, 5.74) is 1.72. The molecule has 8 heteroatoms. The second kappa shape index (κ2) is 16.4. The van der Waals surface area contributed by atoms with Gasteiger partial charge in [0.2, 0.25) is 0 Å². The van der Waals surface area contributed by atoms with E-state index in [1.165, 1.54) is 19.3 Å². The number of phosphoric acid groups is 1. The van der Waals surface area contributed by atoms with E-state index in [1.807, 2.05) is 67.6 Å². The molecule has 0 fully saturated rings. The van der Waals surface area contributed by atoms with Gasteiger partial charge in [-0.3, -0.25) is 13.6 Å². The Morgan fingerprint density at radius 1 is 0.824 bits per heavy atom. The molecule has 0 radical (unpaired) electrons. The first kappa shape index (κ1) is 28.1. The molecule has 1 unspecified atom stereocenters. The molecule has 0 bridgehead atoms. The van der Waals surface area contributed by atoms with Crippen LogP contribution in [-0.2, 0) is 36.1 Å². The van der Waals surface area contributed by atoms with Crippen molar-refractivity contribution in [2.45, 2.75) is 71.6 Å². The summed E-state index contributed by atoms with van der Waals surface area (Å²) >= 11 is 0. The van der Waals surface area contributed by atoms with Crippen molar-refractivity contribution in [3.8, 4) is 0 Å². The van der Waals surface area contributed by atoms with E-state index in [-0.39, 0.29) is 32.5 Å². The minimum Gasteiger partial charge on any atom is -0.449 e. The Morgan fingerprint density at radius 2 is 1.41 bits per heavy atom. The number of alkyl carbamates (subject to hydrolysis) is 1. The standard InChI is InChI=1S/C26H38NO6P/c1-3-4-5-8-14-23(2)27-26(28)30-19-13-20-31-34(29,32-21-24-15-9-6-10-16-24)33-22-25-17-11-7-12-18-25/h6-7,9-12,15-18,23H,3-5,8,13-14,19-22H2,1-2H3,(H,27,28). The van der Waals surface area contributed by atoms with Crippen LogP contribution in [0.2, 0.25) is 0 Å². The first-order chi connectivity index (χ1) is 16.5. The zero-order valence-electron chi connectivity index (χ0n) is 20.3. The monoisotopic (exact) mass is 491 g/mol. The van der Waals surface area contributed by atoms with E-state index in [9.17, 15) is 9.36 Å². The van der Waals surface area contributed by atoms with Crippen LogP contribution >= 0.6 is 7.82 Å². The van der Waals surface area contributed by atoms with Gasteiger partial charge in [-0.15, -0.1) is 0 Å². The fraction of sp³-hybridized carbons (Fsp3) is 0.500. The Labute approximate surface area is 203 Å². The van der Waals surface area contributed by atoms with Crippen molar-refractivity contribution in [2.75, 3.05) is 13.2 Å². The molecule has 188 valence electrons. The molecule has 2 aromatic carbocycles. The Hall–Kier alpha value is -2.18. The van der Waals surface area contributed by atoms with Crippen molar-refractivity contribution < 1.29 is 27.7 Å². The van der Waals surface area contributed by atoms with E-state index < -0.39 is 13.9 Å². The van der Waals surface area contributed by atoms with Gasteiger partial charge in [0.25, 0.3) is 0 Å². The maximum Gasteiger partial charge on any atom is 0.475 e. The minimum absolute atomic E-state index is 0.0681. The lowest BCUT2D eigenvalue weighted by Gasteiger charge is -2.18. The van der Waals surface area contributed by atoms with Gasteiger partial charge in [0.05, 0.1) is 26.4 Å². The van der Waals surface area contributed by atoms with Crippen LogP contribution in [0.4, 0.5) is 4.79 Å². The molecule has 0 heterocycles. The average molecular weight is 492 g/mol. The van der Waals surface area contributed by atoms with Crippen LogP contribution < -0.4 is 5.32 Å². The second-order valence-corrected chi connectivity index (χ2v) is 9.85. The number of ether oxygens (including phenoxy) is 1. The second-order valence-electron chi connectivity index (χ2n) is 8.18. The van der Waals surface area contributed by atoms with Crippen LogP contribution in [0.3, 0.4) is 0 Å². The van der Waals surface area contributed by atoms with Crippen LogP contribution in [0, 0.1) is 0 Å². The molecule has 2 aromatic rings. The molecule has 0 saturated carbocycles. The van der Waals surface area contributed by atoms with Crippen molar-refractivity contribution in [3.05, 3.63) is 71.8 Å². The van der Waals surface area contributed by atoms with E-state index in [2.05, 4.69) is 12.2 Å². The predicted molar refractivity (Wildman–Crippen MR) is 133 cm³/mol. The molecular formula is C26H38NO6P. The van der Waals surface area contributed by atoms with Gasteiger partial charge in [0, 0.05) is 12.5 Å². The van der Waals surface area contributed by atoms with E-state index in [4.69, 9.17) is 18.3 Å². The summed E-state index contributed by atoms with van der Waals surface area (Å²) < 4.78 is 35.0. The van der Waals surface area contributed by atoms with Crippen LogP contribution in [0.25, 0.3) is 0 Å². The number of benzene rings is 2. The van der Waals surface area contributed by atoms with E-state index in [0.29, 0.717) is 6.42 Å². The number of hydrogen-bond donors (Lipinski definition) is 1. The molecule has 1 atom stereocenters. The average Bonchev–Trinajstić information content (AvgIpc) is 2.85. The van der Waals surface area contributed by atoms with Gasteiger partial charge >= 0.3 is 13.9 Å². The van der Waals surface area contributed by atoms with Crippen molar-refractivity contribution in [1.82, 2.24) is 5.32 Å². The molecule has 0 saturated heterocycles. The number of carbonyl (C=O) groups excluding carboxylic acids is 1. The summed E-state index contributed by atoms with van der Waals surface area (Å²) in [4.78, 5) is 11.9. The molecule has 34 heavy (non-hydrogen) atoms. The first-order valence-corrected chi connectivity index (χ1v) is 13.5. The molecule has 2 rings (SSSR count). The zero-order chi connectivity index (χ0) is 24.5. The SMILES string of the molecule is CCCCCCC(C)NC(=O)OCCCOP(=O)(OCc1ccccc1)OCc1ccccc1. The Bertz CT molecular complexity index is 801. The maximum absolute atomic E-state index is 13.2. The lowest BCUT2D eigenvalue weighted by atomic mass is 10.1. The first-order valence-electron chi connectivity index (χ1n) is 12.1. The van der Waals surface area contributed by atoms with Crippen LogP contribution in [-0.4, -0.2) is 25.3 Å². The lowest BCUT2D eigenvalue weighted by Crippen LogP contribution is -2.33. The number of rotatable bonds is 17. The Balaban J connectivity index is 1.73. The van der Waals surface area contributed by atoms with Gasteiger partial charge in [-0.05, 0) is 24.5 Å². The van der Waals surface area contributed by atoms with Gasteiger partial charge in [-0.2, -0.15) is 0 Å². The summed E-state index contributed by atoms with van der Waals surface area (Å²) in [6.07, 6.45) is 5.51. The van der Waals surface area contributed by atoms with Crippen molar-refractivity contribution >= 4 is 13.9 Å². The molecule has 0 aliphatic carbocycles. The predicted octanol–water partition coefficient (Wildman–Crippen LogP) is 7.02. The van der Waals surface area contributed by atoms with Gasteiger partial charge in [0.1, 0.15) is 0 Å². The van der Waals surface area contributed by atoms with Crippen molar-refractivity contribution in [2.24, 2.45) is 0 Å². The molecule has 0 aromatic heterocycles. The fourth-order valence-corrected chi connectivity index (χ4v) is 4.35. The van der Waals surface area contributed by atoms with Crippen molar-refractivity contribution in [1.29, 1.82) is 0 Å². The lowest BCUT2D eigenvalue weighted by molar-refractivity contribution is 0.0926. The van der Waals surface area contributed by atoms with Gasteiger partial charge in [0.15, 0.2) is 0 Å². The summed E-state index contributed by atoms with van der Waals surface area (Å²) in [6.45, 7) is 4.56. The van der Waals surface area contributed by atoms with Crippen LogP contribution in [0.1, 0.15) is 63.5 Å². The normalized spacial score (nSPS) is 12.3.